The Morgan fingerprint density at radius 3 is 2.57 bits per heavy atom. The molecule has 23 heavy (non-hydrogen) atoms. The first-order valence-corrected chi connectivity index (χ1v) is 8.16. The number of benzene rings is 1. The fraction of sp³-hybridized carbons (Fsp3) is 0.647. The lowest BCUT2D eigenvalue weighted by Crippen LogP contribution is -2.46. The molecule has 1 aliphatic heterocycles. The zero-order valence-electron chi connectivity index (χ0n) is 14.0. The van der Waals surface area contributed by atoms with Crippen LogP contribution in [0.3, 0.4) is 0 Å². The van der Waals surface area contributed by atoms with Crippen molar-refractivity contribution in [1.82, 2.24) is 10.2 Å². The fourth-order valence-corrected chi connectivity index (χ4v) is 3.19. The van der Waals surface area contributed by atoms with E-state index in [-0.39, 0.29) is 29.6 Å². The van der Waals surface area contributed by atoms with Gasteiger partial charge in [0.2, 0.25) is 0 Å². The largest absolute Gasteiger partial charge is 0.507 e. The molecule has 0 unspecified atom stereocenters. The average molecular weight is 328 g/mol. The van der Waals surface area contributed by atoms with E-state index >= 15 is 0 Å². The number of nitrogens with one attached hydrogen (secondary N) is 1. The first-order valence-electron chi connectivity index (χ1n) is 8.16. The van der Waals surface area contributed by atoms with Gasteiger partial charge in [-0.25, -0.2) is 8.78 Å². The summed E-state index contributed by atoms with van der Waals surface area (Å²) >= 11 is 0. The van der Waals surface area contributed by atoms with E-state index in [0.717, 1.165) is 38.2 Å². The van der Waals surface area contributed by atoms with Gasteiger partial charge in [0.05, 0.1) is 12.2 Å². The Hall–Kier alpha value is -1.24. The molecule has 0 radical (unpaired) electrons. The molecule has 1 fully saturated rings. The van der Waals surface area contributed by atoms with Gasteiger partial charge in [0.25, 0.3) is 0 Å². The topological polar surface area (TPSA) is 44.7 Å². The number of ether oxygens (including phenoxy) is 1. The first kappa shape index (κ1) is 18.1. The number of halogens is 2. The molecule has 2 rings (SSSR count). The summed E-state index contributed by atoms with van der Waals surface area (Å²) in [5, 5.41) is 12.9. The third-order valence-electron chi connectivity index (χ3n) is 4.10. The summed E-state index contributed by atoms with van der Waals surface area (Å²) < 4.78 is 32.5. The highest BCUT2D eigenvalue weighted by molar-refractivity contribution is 5.36. The van der Waals surface area contributed by atoms with Crippen molar-refractivity contribution in [1.29, 1.82) is 0 Å². The first-order chi connectivity index (χ1) is 10.9. The predicted octanol–water partition coefficient (Wildman–Crippen LogP) is 2.82. The van der Waals surface area contributed by atoms with Gasteiger partial charge in [0.1, 0.15) is 17.4 Å². The Morgan fingerprint density at radius 1 is 1.30 bits per heavy atom. The summed E-state index contributed by atoms with van der Waals surface area (Å²) in [6.45, 7) is 9.38. The van der Waals surface area contributed by atoms with Crippen LogP contribution in [0, 0.1) is 11.6 Å². The monoisotopic (exact) mass is 328 g/mol. The summed E-state index contributed by atoms with van der Waals surface area (Å²) in [5.41, 5.74) is 0.111. The van der Waals surface area contributed by atoms with Crippen LogP contribution in [0.2, 0.25) is 0 Å². The highest BCUT2D eigenvalue weighted by Gasteiger charge is 2.22. The number of phenolic OH excluding ortho intramolecular Hbond substituents is 1. The Labute approximate surface area is 136 Å². The van der Waals surface area contributed by atoms with E-state index in [9.17, 15) is 13.9 Å². The molecule has 0 spiro atoms. The molecule has 1 aliphatic rings. The van der Waals surface area contributed by atoms with Gasteiger partial charge in [-0.15, -0.1) is 0 Å². The van der Waals surface area contributed by atoms with Crippen molar-refractivity contribution >= 4 is 0 Å². The SMILES string of the molecule is C[C@@H]1CN(CCCN[C@H](C)c2c(O)cc(F)cc2F)C[C@H](C)O1. The maximum absolute atomic E-state index is 13.8. The predicted molar refractivity (Wildman–Crippen MR) is 85.5 cm³/mol. The third-order valence-corrected chi connectivity index (χ3v) is 4.10. The van der Waals surface area contributed by atoms with Gasteiger partial charge >= 0.3 is 0 Å². The number of rotatable bonds is 6. The number of hydrogen-bond donors (Lipinski definition) is 2. The molecule has 1 heterocycles. The Bertz CT molecular complexity index is 494. The molecule has 0 amide bonds. The minimum atomic E-state index is -0.772. The smallest absolute Gasteiger partial charge is 0.134 e. The van der Waals surface area contributed by atoms with Crippen molar-refractivity contribution in [2.75, 3.05) is 26.2 Å². The van der Waals surface area contributed by atoms with Gasteiger partial charge in [-0.1, -0.05) is 0 Å². The molecule has 1 saturated heterocycles. The van der Waals surface area contributed by atoms with Crippen molar-refractivity contribution in [2.45, 2.75) is 45.4 Å². The lowest BCUT2D eigenvalue weighted by molar-refractivity contribution is -0.0680. The highest BCUT2D eigenvalue weighted by atomic mass is 19.1. The second kappa shape index (κ2) is 8.04. The van der Waals surface area contributed by atoms with E-state index in [2.05, 4.69) is 24.1 Å². The van der Waals surface area contributed by atoms with Gasteiger partial charge in [-0.2, -0.15) is 0 Å². The minimum Gasteiger partial charge on any atom is -0.507 e. The number of aromatic hydroxyl groups is 1. The molecule has 6 heteroatoms. The van der Waals surface area contributed by atoms with E-state index < -0.39 is 11.6 Å². The summed E-state index contributed by atoms with van der Waals surface area (Å²) in [6.07, 6.45) is 1.40. The molecule has 0 aromatic heterocycles. The molecule has 0 aliphatic carbocycles. The summed E-state index contributed by atoms with van der Waals surface area (Å²) in [4.78, 5) is 2.36. The quantitative estimate of drug-likeness (QED) is 0.788. The van der Waals surface area contributed by atoms with Crippen molar-refractivity contribution in [3.05, 3.63) is 29.3 Å². The highest BCUT2D eigenvalue weighted by Crippen LogP contribution is 2.28. The molecule has 130 valence electrons. The Balaban J connectivity index is 1.78. The second-order valence-corrected chi connectivity index (χ2v) is 6.37. The van der Waals surface area contributed by atoms with E-state index in [1.807, 2.05) is 0 Å². The van der Waals surface area contributed by atoms with Gasteiger partial charge in [-0.3, -0.25) is 4.90 Å². The Morgan fingerprint density at radius 2 is 1.96 bits per heavy atom. The van der Waals surface area contributed by atoms with Crippen LogP contribution in [-0.4, -0.2) is 48.4 Å². The second-order valence-electron chi connectivity index (χ2n) is 6.37. The zero-order chi connectivity index (χ0) is 17.0. The van der Waals surface area contributed by atoms with Gasteiger partial charge in [0, 0.05) is 36.8 Å². The fourth-order valence-electron chi connectivity index (χ4n) is 3.19. The Kier molecular flexibility index (Phi) is 6.33. The third kappa shape index (κ3) is 5.12. The van der Waals surface area contributed by atoms with Crippen LogP contribution in [0.25, 0.3) is 0 Å². The maximum atomic E-state index is 13.8. The molecule has 0 saturated carbocycles. The summed E-state index contributed by atoms with van der Waals surface area (Å²) in [7, 11) is 0. The van der Waals surface area contributed by atoms with E-state index in [4.69, 9.17) is 4.74 Å². The number of hydrogen-bond acceptors (Lipinski definition) is 4. The summed E-state index contributed by atoms with van der Waals surface area (Å²) in [6, 6.07) is 1.36. The van der Waals surface area contributed by atoms with Crippen LogP contribution < -0.4 is 5.32 Å². The van der Waals surface area contributed by atoms with Crippen LogP contribution in [0.1, 0.15) is 38.8 Å². The van der Waals surface area contributed by atoms with Gasteiger partial charge in [0.15, 0.2) is 0 Å². The number of phenols is 1. The summed E-state index contributed by atoms with van der Waals surface area (Å²) in [5.74, 6) is -1.84. The molecular formula is C17H26F2N2O2. The van der Waals surface area contributed by atoms with Crippen molar-refractivity contribution in [3.8, 4) is 5.75 Å². The van der Waals surface area contributed by atoms with Gasteiger partial charge < -0.3 is 15.2 Å². The standard InChI is InChI=1S/C17H26F2N2O2/c1-11-9-21(10-12(2)23-11)6-4-5-20-13(3)17-15(19)7-14(18)8-16(17)22/h7-8,11-13,20,22H,4-6,9-10H2,1-3H3/t11-,12+,13-/m1/s1. The average Bonchev–Trinajstić information content (AvgIpc) is 2.41. The molecule has 0 bridgehead atoms. The van der Waals surface area contributed by atoms with Crippen LogP contribution in [0.4, 0.5) is 8.78 Å². The van der Waals surface area contributed by atoms with Gasteiger partial charge in [-0.05, 0) is 40.3 Å². The molecule has 1 aromatic rings. The normalized spacial score (nSPS) is 23.9. The van der Waals surface area contributed by atoms with E-state index in [1.54, 1.807) is 6.92 Å². The molecule has 1 aromatic carbocycles. The van der Waals surface area contributed by atoms with E-state index in [1.165, 1.54) is 0 Å². The lowest BCUT2D eigenvalue weighted by atomic mass is 10.1. The molecule has 4 nitrogen and oxygen atoms in total. The van der Waals surface area contributed by atoms with Crippen LogP contribution in [0.5, 0.6) is 5.75 Å². The van der Waals surface area contributed by atoms with Crippen LogP contribution in [0.15, 0.2) is 12.1 Å². The van der Waals surface area contributed by atoms with E-state index in [0.29, 0.717) is 6.54 Å². The van der Waals surface area contributed by atoms with Crippen LogP contribution in [-0.2, 0) is 4.74 Å². The molecule has 2 N–H and O–H groups in total. The number of nitrogens with zero attached hydrogens (tertiary/aromatic N) is 1. The van der Waals surface area contributed by atoms with Crippen LogP contribution >= 0.6 is 0 Å². The van der Waals surface area contributed by atoms with Crippen molar-refractivity contribution in [2.24, 2.45) is 0 Å². The molecule has 3 atom stereocenters. The maximum Gasteiger partial charge on any atom is 0.134 e. The molecular weight excluding hydrogens is 302 g/mol. The minimum absolute atomic E-state index is 0.111. The zero-order valence-corrected chi connectivity index (χ0v) is 14.0. The lowest BCUT2D eigenvalue weighted by Gasteiger charge is -2.35. The van der Waals surface area contributed by atoms with Crippen molar-refractivity contribution in [3.63, 3.8) is 0 Å². The number of morpholine rings is 1. The van der Waals surface area contributed by atoms with Crippen molar-refractivity contribution < 1.29 is 18.6 Å².